The van der Waals surface area contributed by atoms with Crippen LogP contribution >= 0.6 is 0 Å². The van der Waals surface area contributed by atoms with Gasteiger partial charge in [0.05, 0.1) is 12.3 Å². The number of anilines is 1. The monoisotopic (exact) mass is 311 g/mol. The minimum Gasteiger partial charge on any atom is -0.366 e. The van der Waals surface area contributed by atoms with Crippen LogP contribution < -0.4 is 10.2 Å². The molecule has 22 heavy (non-hydrogen) atoms. The second-order valence-electron chi connectivity index (χ2n) is 5.47. The molecule has 2 aliphatic rings. The summed E-state index contributed by atoms with van der Waals surface area (Å²) in [6, 6.07) is 3.43. The van der Waals surface area contributed by atoms with Crippen molar-refractivity contribution in [1.29, 1.82) is 0 Å². The first-order valence-electron chi connectivity index (χ1n) is 7.46. The lowest BCUT2D eigenvalue weighted by atomic mass is 10.2. The van der Waals surface area contributed by atoms with Gasteiger partial charge in [0.25, 0.3) is 5.91 Å². The topological polar surface area (TPSA) is 44.8 Å². The van der Waals surface area contributed by atoms with Gasteiger partial charge in [0, 0.05) is 45.3 Å². The summed E-state index contributed by atoms with van der Waals surface area (Å²) >= 11 is 0. The third-order valence-electron chi connectivity index (χ3n) is 4.04. The second kappa shape index (κ2) is 6.58. The van der Waals surface area contributed by atoms with Crippen LogP contribution in [0, 0.1) is 11.6 Å². The maximum Gasteiger partial charge on any atom is 0.253 e. The summed E-state index contributed by atoms with van der Waals surface area (Å²) in [4.78, 5) is 15.8. The van der Waals surface area contributed by atoms with Gasteiger partial charge in [-0.2, -0.15) is 0 Å². The Hall–Kier alpha value is -1.73. The third kappa shape index (κ3) is 3.20. The van der Waals surface area contributed by atoms with E-state index in [0.29, 0.717) is 39.3 Å². The number of benzene rings is 1. The number of amides is 1. The highest BCUT2D eigenvalue weighted by molar-refractivity contribution is 5.81. The number of rotatable bonds is 2. The molecule has 0 spiro atoms. The Kier molecular flexibility index (Phi) is 4.54. The van der Waals surface area contributed by atoms with Gasteiger partial charge in [-0.1, -0.05) is 0 Å². The first-order valence-corrected chi connectivity index (χ1v) is 7.46. The van der Waals surface area contributed by atoms with Crippen LogP contribution in [0.4, 0.5) is 14.5 Å². The van der Waals surface area contributed by atoms with Gasteiger partial charge in [-0.15, -0.1) is 0 Å². The maximum atomic E-state index is 13.8. The largest absolute Gasteiger partial charge is 0.366 e. The summed E-state index contributed by atoms with van der Waals surface area (Å²) in [5, 5.41) is 3.13. The maximum absolute atomic E-state index is 13.8. The molecule has 0 bridgehead atoms. The van der Waals surface area contributed by atoms with Crippen LogP contribution in [-0.4, -0.2) is 62.8 Å². The molecule has 3 rings (SSSR count). The van der Waals surface area contributed by atoms with E-state index in [1.54, 1.807) is 9.80 Å². The van der Waals surface area contributed by atoms with Crippen LogP contribution in [0.3, 0.4) is 0 Å². The zero-order valence-corrected chi connectivity index (χ0v) is 12.2. The zero-order valence-electron chi connectivity index (χ0n) is 12.2. The molecular formula is C15H19F2N3O2. The number of piperazine rings is 1. The number of carbonyl (C=O) groups excluding carboxylic acids is 1. The van der Waals surface area contributed by atoms with Crippen LogP contribution in [0.15, 0.2) is 18.2 Å². The molecule has 1 aromatic carbocycles. The lowest BCUT2D eigenvalue weighted by Crippen LogP contribution is -2.55. The molecular weight excluding hydrogens is 292 g/mol. The summed E-state index contributed by atoms with van der Waals surface area (Å²) < 4.78 is 32.5. The summed E-state index contributed by atoms with van der Waals surface area (Å²) in [5.74, 6) is -0.941. The van der Waals surface area contributed by atoms with Gasteiger partial charge in [-0.25, -0.2) is 8.78 Å². The average Bonchev–Trinajstić information content (AvgIpc) is 2.57. The summed E-state index contributed by atoms with van der Waals surface area (Å²) in [5.41, 5.74) is 0.252. The van der Waals surface area contributed by atoms with E-state index < -0.39 is 17.7 Å². The highest BCUT2D eigenvalue weighted by Gasteiger charge is 2.29. The van der Waals surface area contributed by atoms with E-state index in [1.807, 2.05) is 0 Å². The summed E-state index contributed by atoms with van der Waals surface area (Å²) in [6.45, 7) is 3.74. The minimum atomic E-state index is -0.461. The van der Waals surface area contributed by atoms with Crippen LogP contribution in [0.25, 0.3) is 0 Å². The first-order chi connectivity index (χ1) is 10.6. The van der Waals surface area contributed by atoms with E-state index in [1.165, 1.54) is 6.07 Å². The summed E-state index contributed by atoms with van der Waals surface area (Å²) in [7, 11) is 0. The van der Waals surface area contributed by atoms with Gasteiger partial charge in [-0.05, 0) is 12.1 Å². The molecule has 120 valence electrons. The van der Waals surface area contributed by atoms with Crippen LogP contribution in [0.1, 0.15) is 0 Å². The Morgan fingerprint density at radius 1 is 1.23 bits per heavy atom. The molecule has 0 saturated carbocycles. The number of hydrogen-bond acceptors (Lipinski definition) is 4. The van der Waals surface area contributed by atoms with E-state index in [-0.39, 0.29) is 11.6 Å². The van der Waals surface area contributed by atoms with Crippen LogP contribution in [-0.2, 0) is 9.53 Å². The molecule has 0 aromatic heterocycles. The molecule has 1 unspecified atom stereocenters. The number of ether oxygens (including phenoxy) is 1. The quantitative estimate of drug-likeness (QED) is 0.869. The number of nitrogens with one attached hydrogen (secondary N) is 1. The Balaban J connectivity index is 1.60. The fourth-order valence-electron chi connectivity index (χ4n) is 2.82. The molecule has 1 aromatic rings. The first kappa shape index (κ1) is 15.2. The number of halogens is 2. The molecule has 2 saturated heterocycles. The van der Waals surface area contributed by atoms with Crippen molar-refractivity contribution >= 4 is 11.6 Å². The van der Waals surface area contributed by atoms with Crippen molar-refractivity contribution in [2.75, 3.05) is 50.8 Å². The van der Waals surface area contributed by atoms with Crippen molar-refractivity contribution in [3.63, 3.8) is 0 Å². The molecule has 5 nitrogen and oxygen atoms in total. The highest BCUT2D eigenvalue weighted by Crippen LogP contribution is 2.22. The van der Waals surface area contributed by atoms with Gasteiger partial charge in [0.1, 0.15) is 17.7 Å². The van der Waals surface area contributed by atoms with Crippen molar-refractivity contribution in [3.05, 3.63) is 29.8 Å². The van der Waals surface area contributed by atoms with Gasteiger partial charge in [-0.3, -0.25) is 4.79 Å². The second-order valence-corrected chi connectivity index (χ2v) is 5.47. The van der Waals surface area contributed by atoms with Crippen LogP contribution in [0.2, 0.25) is 0 Å². The van der Waals surface area contributed by atoms with Crippen molar-refractivity contribution in [2.45, 2.75) is 6.10 Å². The minimum absolute atomic E-state index is 0.0356. The summed E-state index contributed by atoms with van der Waals surface area (Å²) in [6.07, 6.45) is -0.439. The molecule has 1 N–H and O–H groups in total. The smallest absolute Gasteiger partial charge is 0.253 e. The standard InChI is InChI=1S/C15H19F2N3O2/c16-11-1-2-12(17)13(9-11)19-4-6-20(7-5-19)15(21)14-10-18-3-8-22-14/h1-2,9,14,18H,3-8,10H2. The predicted octanol–water partition coefficient (Wildman–Crippen LogP) is 0.602. The van der Waals surface area contributed by atoms with Crippen molar-refractivity contribution < 1.29 is 18.3 Å². The average molecular weight is 311 g/mol. The molecule has 2 aliphatic heterocycles. The number of nitrogens with zero attached hydrogens (tertiary/aromatic N) is 2. The molecule has 0 aliphatic carbocycles. The molecule has 1 amide bonds. The number of hydrogen-bond donors (Lipinski definition) is 1. The number of morpholine rings is 1. The van der Waals surface area contributed by atoms with Crippen molar-refractivity contribution in [1.82, 2.24) is 10.2 Å². The van der Waals surface area contributed by atoms with Crippen LogP contribution in [0.5, 0.6) is 0 Å². The Bertz CT molecular complexity index is 542. The van der Waals surface area contributed by atoms with E-state index in [2.05, 4.69) is 5.32 Å². The Labute approximate surface area is 127 Å². The molecule has 0 radical (unpaired) electrons. The van der Waals surface area contributed by atoms with Crippen molar-refractivity contribution in [3.8, 4) is 0 Å². The fourth-order valence-corrected chi connectivity index (χ4v) is 2.82. The van der Waals surface area contributed by atoms with E-state index in [4.69, 9.17) is 4.74 Å². The Morgan fingerprint density at radius 3 is 2.68 bits per heavy atom. The molecule has 2 heterocycles. The molecule has 1 atom stereocenters. The zero-order chi connectivity index (χ0) is 15.5. The van der Waals surface area contributed by atoms with Gasteiger partial charge in [0.2, 0.25) is 0 Å². The lowest BCUT2D eigenvalue weighted by Gasteiger charge is -2.38. The predicted molar refractivity (Wildman–Crippen MR) is 77.8 cm³/mol. The fraction of sp³-hybridized carbons (Fsp3) is 0.533. The van der Waals surface area contributed by atoms with Gasteiger partial charge >= 0.3 is 0 Å². The molecule has 2 fully saturated rings. The van der Waals surface area contributed by atoms with E-state index >= 15 is 0 Å². The highest BCUT2D eigenvalue weighted by atomic mass is 19.1. The third-order valence-corrected chi connectivity index (χ3v) is 4.04. The normalized spacial score (nSPS) is 22.7. The van der Waals surface area contributed by atoms with Gasteiger partial charge < -0.3 is 19.9 Å². The van der Waals surface area contributed by atoms with Crippen molar-refractivity contribution in [2.24, 2.45) is 0 Å². The van der Waals surface area contributed by atoms with E-state index in [9.17, 15) is 13.6 Å². The SMILES string of the molecule is O=C(C1CNCCO1)N1CCN(c2cc(F)ccc2F)CC1. The lowest BCUT2D eigenvalue weighted by molar-refractivity contribution is -0.145. The van der Waals surface area contributed by atoms with Gasteiger partial charge in [0.15, 0.2) is 0 Å². The molecule has 7 heteroatoms. The number of carbonyl (C=O) groups is 1. The van der Waals surface area contributed by atoms with E-state index in [0.717, 1.165) is 18.7 Å². The Morgan fingerprint density at radius 2 is 2.00 bits per heavy atom.